The third-order valence-electron chi connectivity index (χ3n) is 2.64. The van der Waals surface area contributed by atoms with Gasteiger partial charge in [-0.1, -0.05) is 39.1 Å². The molecule has 19 heavy (non-hydrogen) atoms. The zero-order valence-corrected chi connectivity index (χ0v) is 13.8. The Bertz CT molecular complexity index is 581. The van der Waals surface area contributed by atoms with Gasteiger partial charge in [-0.05, 0) is 42.0 Å². The molecule has 0 radical (unpaired) electrons. The lowest BCUT2D eigenvalue weighted by atomic mass is 10.0. The molecule has 2 rings (SSSR count). The second kappa shape index (κ2) is 6.36. The van der Waals surface area contributed by atoms with Crippen molar-refractivity contribution in [3.05, 3.63) is 62.0 Å². The molecule has 0 aliphatic carbocycles. The number of hydrogen-bond donors (Lipinski definition) is 0. The van der Waals surface area contributed by atoms with E-state index >= 15 is 0 Å². The van der Waals surface area contributed by atoms with Crippen molar-refractivity contribution in [1.82, 2.24) is 0 Å². The Morgan fingerprint density at radius 2 is 1.79 bits per heavy atom. The standard InChI is InChI=1S/C14H10BrCl3O/c1-19-13-3-2-10(16)7-12(13)14(18)8-4-9(15)6-11(17)5-8/h2-7,14H,1H3. The van der Waals surface area contributed by atoms with E-state index in [1.807, 2.05) is 18.2 Å². The summed E-state index contributed by atoms with van der Waals surface area (Å²) in [5.41, 5.74) is 1.69. The van der Waals surface area contributed by atoms with Crippen molar-refractivity contribution in [2.45, 2.75) is 5.38 Å². The van der Waals surface area contributed by atoms with Gasteiger partial charge in [0.05, 0.1) is 12.5 Å². The van der Waals surface area contributed by atoms with Gasteiger partial charge in [0, 0.05) is 20.1 Å². The Morgan fingerprint density at radius 3 is 2.42 bits per heavy atom. The summed E-state index contributed by atoms with van der Waals surface area (Å²) in [5, 5.41) is 0.849. The quantitative estimate of drug-likeness (QED) is 0.585. The molecule has 0 aliphatic heterocycles. The molecule has 0 aliphatic rings. The molecule has 0 saturated carbocycles. The number of benzene rings is 2. The van der Waals surface area contributed by atoms with Crippen molar-refractivity contribution < 1.29 is 4.74 Å². The maximum atomic E-state index is 6.51. The van der Waals surface area contributed by atoms with Crippen LogP contribution in [0, 0.1) is 0 Å². The summed E-state index contributed by atoms with van der Waals surface area (Å²) in [4.78, 5) is 0. The minimum Gasteiger partial charge on any atom is -0.496 e. The maximum Gasteiger partial charge on any atom is 0.123 e. The summed E-state index contributed by atoms with van der Waals surface area (Å²) in [5.74, 6) is 0.695. The van der Waals surface area contributed by atoms with Crippen LogP contribution in [-0.4, -0.2) is 7.11 Å². The average molecular weight is 380 g/mol. The van der Waals surface area contributed by atoms with E-state index in [0.717, 1.165) is 15.6 Å². The first-order valence-electron chi connectivity index (χ1n) is 5.44. The molecule has 0 bridgehead atoms. The van der Waals surface area contributed by atoms with Crippen molar-refractivity contribution in [3.63, 3.8) is 0 Å². The van der Waals surface area contributed by atoms with E-state index in [2.05, 4.69) is 15.9 Å². The highest BCUT2D eigenvalue weighted by Crippen LogP contribution is 2.38. The Hall–Kier alpha value is -0.410. The SMILES string of the molecule is COc1ccc(Cl)cc1C(Cl)c1cc(Cl)cc(Br)c1. The van der Waals surface area contributed by atoms with Gasteiger partial charge in [0.1, 0.15) is 5.75 Å². The predicted octanol–water partition coefficient (Wildman–Crippen LogP) is 6.09. The highest BCUT2D eigenvalue weighted by Gasteiger charge is 2.17. The predicted molar refractivity (Wildman–Crippen MR) is 84.9 cm³/mol. The monoisotopic (exact) mass is 378 g/mol. The summed E-state index contributed by atoms with van der Waals surface area (Å²) in [6.45, 7) is 0. The van der Waals surface area contributed by atoms with Gasteiger partial charge < -0.3 is 4.74 Å². The summed E-state index contributed by atoms with van der Waals surface area (Å²) in [7, 11) is 1.60. The number of halogens is 4. The molecule has 0 aromatic heterocycles. The first-order valence-corrected chi connectivity index (χ1v) is 7.43. The molecule has 0 amide bonds. The van der Waals surface area contributed by atoms with Gasteiger partial charge in [-0.25, -0.2) is 0 Å². The summed E-state index contributed by atoms with van der Waals surface area (Å²) in [6, 6.07) is 10.9. The normalized spacial score (nSPS) is 12.3. The molecule has 0 saturated heterocycles. The summed E-state index contributed by atoms with van der Waals surface area (Å²) >= 11 is 22.0. The molecule has 1 atom stereocenters. The van der Waals surface area contributed by atoms with E-state index in [4.69, 9.17) is 39.5 Å². The topological polar surface area (TPSA) is 9.23 Å². The van der Waals surface area contributed by atoms with Crippen molar-refractivity contribution >= 4 is 50.7 Å². The second-order valence-corrected chi connectivity index (χ2v) is 6.18. The summed E-state index contributed by atoms with van der Waals surface area (Å²) < 4.78 is 6.19. The summed E-state index contributed by atoms with van der Waals surface area (Å²) in [6.07, 6.45) is 0. The van der Waals surface area contributed by atoms with Crippen molar-refractivity contribution in [3.8, 4) is 5.75 Å². The van der Waals surface area contributed by atoms with Crippen LogP contribution in [-0.2, 0) is 0 Å². The largest absolute Gasteiger partial charge is 0.496 e. The first-order chi connectivity index (χ1) is 9.01. The molecule has 0 N–H and O–H groups in total. The molecule has 2 aromatic carbocycles. The molecule has 1 unspecified atom stereocenters. The van der Waals surface area contributed by atoms with Crippen LogP contribution in [0.4, 0.5) is 0 Å². The zero-order valence-electron chi connectivity index (χ0n) is 9.96. The van der Waals surface area contributed by atoms with E-state index in [-0.39, 0.29) is 5.38 Å². The maximum absolute atomic E-state index is 6.51. The third-order valence-corrected chi connectivity index (χ3v) is 4.04. The van der Waals surface area contributed by atoms with Gasteiger partial charge in [0.2, 0.25) is 0 Å². The third kappa shape index (κ3) is 3.57. The highest BCUT2D eigenvalue weighted by molar-refractivity contribution is 9.10. The fraction of sp³-hybridized carbons (Fsp3) is 0.143. The molecule has 5 heteroatoms. The Labute approximate surface area is 135 Å². The molecule has 0 fully saturated rings. The van der Waals surface area contributed by atoms with Gasteiger partial charge in [-0.15, -0.1) is 11.6 Å². The van der Waals surface area contributed by atoms with E-state index in [1.165, 1.54) is 0 Å². The number of alkyl halides is 1. The minimum atomic E-state index is -0.386. The van der Waals surface area contributed by atoms with Crippen molar-refractivity contribution in [2.75, 3.05) is 7.11 Å². The van der Waals surface area contributed by atoms with Crippen molar-refractivity contribution in [2.24, 2.45) is 0 Å². The molecule has 0 spiro atoms. The van der Waals surface area contributed by atoms with Crippen LogP contribution in [0.3, 0.4) is 0 Å². The fourth-order valence-electron chi connectivity index (χ4n) is 1.80. The Kier molecular flexibility index (Phi) is 5.02. The molecule has 1 nitrogen and oxygen atoms in total. The zero-order chi connectivity index (χ0) is 14.0. The van der Waals surface area contributed by atoms with Crippen LogP contribution >= 0.6 is 50.7 Å². The molecule has 100 valence electrons. The van der Waals surface area contributed by atoms with E-state index < -0.39 is 0 Å². The second-order valence-electron chi connectivity index (χ2n) is 3.95. The van der Waals surface area contributed by atoms with Crippen LogP contribution in [0.2, 0.25) is 10.0 Å². The lowest BCUT2D eigenvalue weighted by Crippen LogP contribution is -1.98. The molecular formula is C14H10BrCl3O. The molecule has 0 heterocycles. The van der Waals surface area contributed by atoms with Crippen LogP contribution < -0.4 is 4.74 Å². The number of rotatable bonds is 3. The fourth-order valence-corrected chi connectivity index (χ4v) is 3.17. The van der Waals surface area contributed by atoms with Gasteiger partial charge in [0.15, 0.2) is 0 Å². The van der Waals surface area contributed by atoms with Gasteiger partial charge in [-0.2, -0.15) is 0 Å². The minimum absolute atomic E-state index is 0.386. The first kappa shape index (κ1) is 15.0. The highest BCUT2D eigenvalue weighted by atomic mass is 79.9. The van der Waals surface area contributed by atoms with Gasteiger partial charge in [0.25, 0.3) is 0 Å². The van der Waals surface area contributed by atoms with E-state index in [9.17, 15) is 0 Å². The lowest BCUT2D eigenvalue weighted by molar-refractivity contribution is 0.410. The number of ether oxygens (including phenoxy) is 1. The van der Waals surface area contributed by atoms with E-state index in [1.54, 1.807) is 25.3 Å². The van der Waals surface area contributed by atoms with Crippen LogP contribution in [0.1, 0.15) is 16.5 Å². The van der Waals surface area contributed by atoms with Crippen LogP contribution in [0.15, 0.2) is 40.9 Å². The Balaban J connectivity index is 2.48. The molecule has 2 aromatic rings. The van der Waals surface area contributed by atoms with E-state index in [0.29, 0.717) is 15.8 Å². The number of methoxy groups -OCH3 is 1. The van der Waals surface area contributed by atoms with Crippen LogP contribution in [0.5, 0.6) is 5.75 Å². The lowest BCUT2D eigenvalue weighted by Gasteiger charge is -2.15. The van der Waals surface area contributed by atoms with Crippen LogP contribution in [0.25, 0.3) is 0 Å². The van der Waals surface area contributed by atoms with Crippen molar-refractivity contribution in [1.29, 1.82) is 0 Å². The average Bonchev–Trinajstić information content (AvgIpc) is 2.36. The van der Waals surface area contributed by atoms with Gasteiger partial charge in [-0.3, -0.25) is 0 Å². The van der Waals surface area contributed by atoms with Gasteiger partial charge >= 0.3 is 0 Å². The molecular weight excluding hydrogens is 370 g/mol. The Morgan fingerprint density at radius 1 is 1.05 bits per heavy atom. The number of hydrogen-bond acceptors (Lipinski definition) is 1. The smallest absolute Gasteiger partial charge is 0.123 e.